The highest BCUT2D eigenvalue weighted by atomic mass is 16.5. The summed E-state index contributed by atoms with van der Waals surface area (Å²) in [6.07, 6.45) is 0.857. The SMILES string of the molecule is COc1cccc(OC)c1-c1nn(C)c(N)c1CC(C)C. The van der Waals surface area contributed by atoms with Crippen LogP contribution >= 0.6 is 0 Å². The third kappa shape index (κ3) is 2.82. The Morgan fingerprint density at radius 2 is 1.76 bits per heavy atom. The van der Waals surface area contributed by atoms with E-state index in [0.717, 1.165) is 34.7 Å². The van der Waals surface area contributed by atoms with Gasteiger partial charge in [-0.25, -0.2) is 0 Å². The summed E-state index contributed by atoms with van der Waals surface area (Å²) in [5, 5.41) is 4.58. The molecular weight excluding hydrogens is 266 g/mol. The molecule has 0 amide bonds. The quantitative estimate of drug-likeness (QED) is 0.919. The van der Waals surface area contributed by atoms with Crippen molar-refractivity contribution in [2.45, 2.75) is 20.3 Å². The molecule has 1 aromatic carbocycles. The first-order chi connectivity index (χ1) is 9.99. The van der Waals surface area contributed by atoms with Crippen molar-refractivity contribution in [3.05, 3.63) is 23.8 Å². The lowest BCUT2D eigenvalue weighted by Gasteiger charge is -2.13. The summed E-state index contributed by atoms with van der Waals surface area (Å²) in [5.41, 5.74) is 8.91. The average molecular weight is 289 g/mol. The van der Waals surface area contributed by atoms with Gasteiger partial charge in [-0.3, -0.25) is 4.68 Å². The minimum Gasteiger partial charge on any atom is -0.496 e. The highest BCUT2D eigenvalue weighted by Gasteiger charge is 2.22. The molecule has 0 aliphatic heterocycles. The maximum Gasteiger partial charge on any atom is 0.132 e. The number of methoxy groups -OCH3 is 2. The molecule has 0 saturated heterocycles. The van der Waals surface area contributed by atoms with Gasteiger partial charge >= 0.3 is 0 Å². The second kappa shape index (κ2) is 6.08. The number of anilines is 1. The van der Waals surface area contributed by atoms with E-state index in [1.54, 1.807) is 18.9 Å². The van der Waals surface area contributed by atoms with E-state index < -0.39 is 0 Å². The molecule has 2 aromatic rings. The predicted octanol–water partition coefficient (Wildman–Crippen LogP) is 2.89. The van der Waals surface area contributed by atoms with Gasteiger partial charge in [-0.05, 0) is 24.5 Å². The molecular formula is C16H23N3O2. The monoisotopic (exact) mass is 289 g/mol. The topological polar surface area (TPSA) is 62.3 Å². The van der Waals surface area contributed by atoms with Crippen LogP contribution in [0.15, 0.2) is 18.2 Å². The van der Waals surface area contributed by atoms with Crippen LogP contribution in [0.2, 0.25) is 0 Å². The fourth-order valence-electron chi connectivity index (χ4n) is 2.48. The molecule has 0 spiro atoms. The van der Waals surface area contributed by atoms with Crippen LogP contribution in [0, 0.1) is 5.92 Å². The molecule has 0 unspecified atom stereocenters. The molecule has 1 aromatic heterocycles. The lowest BCUT2D eigenvalue weighted by atomic mass is 9.98. The number of aromatic nitrogens is 2. The highest BCUT2D eigenvalue weighted by molar-refractivity contribution is 5.79. The van der Waals surface area contributed by atoms with Crippen LogP contribution in [-0.4, -0.2) is 24.0 Å². The fraction of sp³-hybridized carbons (Fsp3) is 0.438. The van der Waals surface area contributed by atoms with Crippen molar-refractivity contribution in [1.82, 2.24) is 9.78 Å². The van der Waals surface area contributed by atoms with Crippen LogP contribution in [0.3, 0.4) is 0 Å². The minimum absolute atomic E-state index is 0.482. The zero-order valence-electron chi connectivity index (χ0n) is 13.3. The van der Waals surface area contributed by atoms with E-state index >= 15 is 0 Å². The molecule has 114 valence electrons. The first-order valence-electron chi connectivity index (χ1n) is 7.02. The molecule has 2 N–H and O–H groups in total. The molecule has 5 nitrogen and oxygen atoms in total. The van der Waals surface area contributed by atoms with E-state index in [1.807, 2.05) is 25.2 Å². The van der Waals surface area contributed by atoms with E-state index in [9.17, 15) is 0 Å². The van der Waals surface area contributed by atoms with E-state index in [1.165, 1.54) is 0 Å². The summed E-state index contributed by atoms with van der Waals surface area (Å²) >= 11 is 0. The molecule has 0 bridgehead atoms. The number of nitrogens with two attached hydrogens (primary N) is 1. The van der Waals surface area contributed by atoms with Crippen molar-refractivity contribution in [2.75, 3.05) is 20.0 Å². The van der Waals surface area contributed by atoms with E-state index in [4.69, 9.17) is 15.2 Å². The maximum atomic E-state index is 6.19. The molecule has 0 fully saturated rings. The number of nitrogens with zero attached hydrogens (tertiary/aromatic N) is 2. The summed E-state index contributed by atoms with van der Waals surface area (Å²) in [5.74, 6) is 2.64. The van der Waals surface area contributed by atoms with Gasteiger partial charge in [-0.1, -0.05) is 19.9 Å². The number of nitrogen functional groups attached to an aromatic ring is 1. The van der Waals surface area contributed by atoms with Gasteiger partial charge in [0.2, 0.25) is 0 Å². The zero-order chi connectivity index (χ0) is 15.6. The van der Waals surface area contributed by atoms with Gasteiger partial charge < -0.3 is 15.2 Å². The van der Waals surface area contributed by atoms with Crippen molar-refractivity contribution in [1.29, 1.82) is 0 Å². The molecule has 0 aliphatic rings. The first-order valence-corrected chi connectivity index (χ1v) is 7.02. The van der Waals surface area contributed by atoms with Crippen molar-refractivity contribution in [3.8, 4) is 22.8 Å². The van der Waals surface area contributed by atoms with Crippen LogP contribution in [-0.2, 0) is 13.5 Å². The molecule has 0 saturated carbocycles. The third-order valence-electron chi connectivity index (χ3n) is 3.47. The summed E-state index contributed by atoms with van der Waals surface area (Å²) in [6, 6.07) is 5.71. The Hall–Kier alpha value is -2.17. The number of ether oxygens (including phenoxy) is 2. The number of benzene rings is 1. The Morgan fingerprint density at radius 1 is 1.19 bits per heavy atom. The lowest BCUT2D eigenvalue weighted by molar-refractivity contribution is 0.397. The number of hydrogen-bond donors (Lipinski definition) is 1. The Labute approximate surface area is 125 Å². The third-order valence-corrected chi connectivity index (χ3v) is 3.47. The van der Waals surface area contributed by atoms with Crippen LogP contribution in [0.1, 0.15) is 19.4 Å². The molecule has 5 heteroatoms. The smallest absolute Gasteiger partial charge is 0.132 e. The van der Waals surface area contributed by atoms with Crippen molar-refractivity contribution >= 4 is 5.82 Å². The normalized spacial score (nSPS) is 11.0. The number of hydrogen-bond acceptors (Lipinski definition) is 4. The molecule has 0 radical (unpaired) electrons. The largest absolute Gasteiger partial charge is 0.496 e. The van der Waals surface area contributed by atoms with Crippen molar-refractivity contribution in [3.63, 3.8) is 0 Å². The zero-order valence-corrected chi connectivity index (χ0v) is 13.3. The summed E-state index contributed by atoms with van der Waals surface area (Å²) in [4.78, 5) is 0. The Bertz CT molecular complexity index is 610. The standard InChI is InChI=1S/C16H23N3O2/c1-10(2)9-11-15(18-19(3)16(11)17)14-12(20-4)7-6-8-13(14)21-5/h6-8,10H,9,17H2,1-5H3. The lowest BCUT2D eigenvalue weighted by Crippen LogP contribution is -2.02. The van der Waals surface area contributed by atoms with Crippen LogP contribution in [0.4, 0.5) is 5.82 Å². The van der Waals surface area contributed by atoms with Gasteiger partial charge in [-0.15, -0.1) is 0 Å². The molecule has 0 atom stereocenters. The van der Waals surface area contributed by atoms with E-state index in [-0.39, 0.29) is 0 Å². The van der Waals surface area contributed by atoms with Gasteiger partial charge in [0.15, 0.2) is 0 Å². The summed E-state index contributed by atoms with van der Waals surface area (Å²) < 4.78 is 12.7. The van der Waals surface area contributed by atoms with Crippen LogP contribution < -0.4 is 15.2 Å². The first kappa shape index (κ1) is 15.2. The number of aryl methyl sites for hydroxylation is 1. The van der Waals surface area contributed by atoms with E-state index in [0.29, 0.717) is 11.7 Å². The van der Waals surface area contributed by atoms with Crippen molar-refractivity contribution < 1.29 is 9.47 Å². The molecule has 1 heterocycles. The highest BCUT2D eigenvalue weighted by Crippen LogP contribution is 2.41. The predicted molar refractivity (Wildman–Crippen MR) is 84.7 cm³/mol. The second-order valence-electron chi connectivity index (χ2n) is 5.47. The molecule has 0 aliphatic carbocycles. The fourth-order valence-corrected chi connectivity index (χ4v) is 2.48. The van der Waals surface area contributed by atoms with Gasteiger partial charge in [0, 0.05) is 12.6 Å². The average Bonchev–Trinajstić information content (AvgIpc) is 2.73. The molecule has 21 heavy (non-hydrogen) atoms. The molecule has 2 rings (SSSR count). The Balaban J connectivity index is 2.69. The maximum absolute atomic E-state index is 6.19. The van der Waals surface area contributed by atoms with Crippen LogP contribution in [0.5, 0.6) is 11.5 Å². The van der Waals surface area contributed by atoms with Gasteiger partial charge in [-0.2, -0.15) is 5.10 Å². The minimum atomic E-state index is 0.482. The number of rotatable bonds is 5. The summed E-state index contributed by atoms with van der Waals surface area (Å²) in [6.45, 7) is 4.32. The van der Waals surface area contributed by atoms with Gasteiger partial charge in [0.1, 0.15) is 23.0 Å². The van der Waals surface area contributed by atoms with Gasteiger partial charge in [0.05, 0.1) is 19.8 Å². The Kier molecular flexibility index (Phi) is 4.40. The van der Waals surface area contributed by atoms with Crippen molar-refractivity contribution in [2.24, 2.45) is 13.0 Å². The van der Waals surface area contributed by atoms with Crippen LogP contribution in [0.25, 0.3) is 11.3 Å². The second-order valence-corrected chi connectivity index (χ2v) is 5.47. The van der Waals surface area contributed by atoms with Gasteiger partial charge in [0.25, 0.3) is 0 Å². The summed E-state index contributed by atoms with van der Waals surface area (Å²) in [7, 11) is 5.14. The Morgan fingerprint density at radius 3 is 2.24 bits per heavy atom. The van der Waals surface area contributed by atoms with E-state index in [2.05, 4.69) is 18.9 Å².